The molecule has 0 aliphatic carbocycles. The van der Waals surface area contributed by atoms with E-state index in [-0.39, 0.29) is 12.5 Å². The number of rotatable bonds is 6. The maximum atomic E-state index is 11.7. The largest absolute Gasteiger partial charge is 0.354 e. The fraction of sp³-hybridized carbons (Fsp3) is 0.769. The minimum Gasteiger partial charge on any atom is -0.354 e. The number of piperidine rings is 1. The summed E-state index contributed by atoms with van der Waals surface area (Å²) >= 11 is 0. The van der Waals surface area contributed by atoms with E-state index < -0.39 is 0 Å². The van der Waals surface area contributed by atoms with Crippen molar-refractivity contribution in [1.82, 2.24) is 25.2 Å². The number of amides is 1. The molecule has 2 rings (SSSR count). The van der Waals surface area contributed by atoms with Crippen LogP contribution in [0, 0.1) is 5.92 Å². The van der Waals surface area contributed by atoms with Crippen molar-refractivity contribution in [2.45, 2.75) is 32.7 Å². The lowest BCUT2D eigenvalue weighted by atomic mass is 9.98. The van der Waals surface area contributed by atoms with Crippen LogP contribution in [0.2, 0.25) is 0 Å². The van der Waals surface area contributed by atoms with Crippen molar-refractivity contribution < 1.29 is 4.79 Å². The molecule has 1 N–H and O–H groups in total. The molecule has 2 heterocycles. The Morgan fingerprint density at radius 3 is 3.16 bits per heavy atom. The van der Waals surface area contributed by atoms with Gasteiger partial charge in [-0.25, -0.2) is 4.68 Å². The molecule has 1 aromatic rings. The van der Waals surface area contributed by atoms with Crippen LogP contribution in [0.1, 0.15) is 26.2 Å². The van der Waals surface area contributed by atoms with Crippen LogP contribution in [-0.4, -0.2) is 52.0 Å². The number of carbonyl (C=O) groups is 1. The minimum atomic E-state index is 0.0121. The number of nitrogens with one attached hydrogen (secondary N) is 1. The minimum absolute atomic E-state index is 0.0121. The molecule has 0 spiro atoms. The molecular formula is C13H23N5O. The monoisotopic (exact) mass is 265 g/mol. The van der Waals surface area contributed by atoms with Gasteiger partial charge < -0.3 is 10.2 Å². The highest BCUT2D eigenvalue weighted by atomic mass is 16.2. The summed E-state index contributed by atoms with van der Waals surface area (Å²) in [5.74, 6) is 0.595. The van der Waals surface area contributed by atoms with Crippen LogP contribution in [0.15, 0.2) is 12.4 Å². The average molecular weight is 265 g/mol. The molecule has 1 aromatic heterocycles. The van der Waals surface area contributed by atoms with Gasteiger partial charge in [-0.05, 0) is 38.3 Å². The molecule has 106 valence electrons. The molecule has 1 aliphatic rings. The summed E-state index contributed by atoms with van der Waals surface area (Å²) in [4.78, 5) is 14.2. The highest BCUT2D eigenvalue weighted by Crippen LogP contribution is 2.15. The van der Waals surface area contributed by atoms with Crippen molar-refractivity contribution in [3.63, 3.8) is 0 Å². The summed E-state index contributed by atoms with van der Waals surface area (Å²) in [7, 11) is 0. The van der Waals surface area contributed by atoms with Crippen molar-refractivity contribution >= 4 is 5.91 Å². The third kappa shape index (κ3) is 4.63. The van der Waals surface area contributed by atoms with Gasteiger partial charge in [0.1, 0.15) is 6.54 Å². The molecule has 1 fully saturated rings. The second-order valence-electron chi connectivity index (χ2n) is 5.21. The quantitative estimate of drug-likeness (QED) is 0.814. The summed E-state index contributed by atoms with van der Waals surface area (Å²) in [6, 6.07) is 0. The summed E-state index contributed by atoms with van der Waals surface area (Å²) in [5, 5.41) is 10.5. The van der Waals surface area contributed by atoms with Crippen molar-refractivity contribution in [2.75, 3.05) is 26.2 Å². The zero-order valence-electron chi connectivity index (χ0n) is 11.6. The third-order valence-corrected chi connectivity index (χ3v) is 3.51. The number of hydrogen-bond donors (Lipinski definition) is 1. The molecule has 6 nitrogen and oxygen atoms in total. The summed E-state index contributed by atoms with van der Waals surface area (Å²) in [6.07, 6.45) is 6.93. The van der Waals surface area contributed by atoms with Crippen LogP contribution in [-0.2, 0) is 11.3 Å². The molecule has 0 saturated carbocycles. The van der Waals surface area contributed by atoms with Gasteiger partial charge in [0.05, 0.1) is 6.20 Å². The fourth-order valence-corrected chi connectivity index (χ4v) is 2.62. The first kappa shape index (κ1) is 14.0. The third-order valence-electron chi connectivity index (χ3n) is 3.51. The Labute approximate surface area is 114 Å². The van der Waals surface area contributed by atoms with E-state index in [1.807, 2.05) is 0 Å². The van der Waals surface area contributed by atoms with Gasteiger partial charge in [0.15, 0.2) is 0 Å². The average Bonchev–Trinajstić information content (AvgIpc) is 2.90. The molecule has 1 unspecified atom stereocenters. The zero-order valence-corrected chi connectivity index (χ0v) is 11.6. The Morgan fingerprint density at radius 1 is 1.53 bits per heavy atom. The predicted octanol–water partition coefficient (Wildman–Crippen LogP) is 0.516. The predicted molar refractivity (Wildman–Crippen MR) is 72.5 cm³/mol. The summed E-state index contributed by atoms with van der Waals surface area (Å²) < 4.78 is 1.54. The van der Waals surface area contributed by atoms with Crippen LogP contribution in [0.5, 0.6) is 0 Å². The van der Waals surface area contributed by atoms with Crippen molar-refractivity contribution in [2.24, 2.45) is 5.92 Å². The molecule has 19 heavy (non-hydrogen) atoms. The fourth-order valence-electron chi connectivity index (χ4n) is 2.62. The molecule has 1 atom stereocenters. The first-order chi connectivity index (χ1) is 9.28. The van der Waals surface area contributed by atoms with Crippen LogP contribution in [0.3, 0.4) is 0 Å². The van der Waals surface area contributed by atoms with E-state index in [2.05, 4.69) is 27.5 Å². The number of likely N-dealkylation sites (tertiary alicyclic amines) is 1. The van der Waals surface area contributed by atoms with Gasteiger partial charge in [-0.1, -0.05) is 12.1 Å². The van der Waals surface area contributed by atoms with E-state index in [1.54, 1.807) is 17.1 Å². The Kier molecular flexibility index (Phi) is 5.32. The van der Waals surface area contributed by atoms with E-state index in [4.69, 9.17) is 0 Å². The second kappa shape index (κ2) is 7.23. The second-order valence-corrected chi connectivity index (χ2v) is 5.21. The number of carbonyl (C=O) groups excluding carboxylic acids is 1. The van der Waals surface area contributed by atoms with Crippen LogP contribution >= 0.6 is 0 Å². The van der Waals surface area contributed by atoms with E-state index >= 15 is 0 Å². The summed E-state index contributed by atoms with van der Waals surface area (Å²) in [5.41, 5.74) is 0. The smallest absolute Gasteiger partial charge is 0.241 e. The molecule has 1 amide bonds. The van der Waals surface area contributed by atoms with Crippen molar-refractivity contribution in [3.8, 4) is 0 Å². The number of nitrogens with zero attached hydrogens (tertiary/aromatic N) is 4. The zero-order chi connectivity index (χ0) is 13.5. The highest BCUT2D eigenvalue weighted by Gasteiger charge is 2.19. The summed E-state index contributed by atoms with van der Waals surface area (Å²) in [6.45, 7) is 6.72. The van der Waals surface area contributed by atoms with E-state index in [1.165, 1.54) is 32.4 Å². The normalized spacial score (nSPS) is 20.4. The van der Waals surface area contributed by atoms with Crippen LogP contribution in [0.25, 0.3) is 0 Å². The van der Waals surface area contributed by atoms with Crippen LogP contribution in [0.4, 0.5) is 0 Å². The lowest BCUT2D eigenvalue weighted by Crippen LogP contribution is -2.41. The van der Waals surface area contributed by atoms with Gasteiger partial charge in [-0.2, -0.15) is 0 Å². The molecule has 1 aliphatic heterocycles. The maximum Gasteiger partial charge on any atom is 0.241 e. The maximum absolute atomic E-state index is 11.7. The Bertz CT molecular complexity index is 376. The van der Waals surface area contributed by atoms with Crippen molar-refractivity contribution in [1.29, 1.82) is 0 Å². The Morgan fingerprint density at radius 2 is 2.42 bits per heavy atom. The van der Waals surface area contributed by atoms with E-state index in [9.17, 15) is 4.79 Å². The molecule has 0 radical (unpaired) electrons. The molecule has 6 heteroatoms. The van der Waals surface area contributed by atoms with Gasteiger partial charge in [-0.15, -0.1) is 5.10 Å². The first-order valence-corrected chi connectivity index (χ1v) is 7.11. The SMILES string of the molecule is CCCN1CCCC(CNC(=O)Cn2ccnn2)C1. The topological polar surface area (TPSA) is 63.1 Å². The standard InChI is InChI=1S/C13H23N5O/c1-2-6-17-7-3-4-12(10-17)9-14-13(19)11-18-8-5-15-16-18/h5,8,12H,2-4,6-7,9-11H2,1H3,(H,14,19). The highest BCUT2D eigenvalue weighted by molar-refractivity contribution is 5.75. The Balaban J connectivity index is 1.68. The van der Waals surface area contributed by atoms with E-state index in [0.717, 1.165) is 13.1 Å². The van der Waals surface area contributed by atoms with Gasteiger partial charge in [0, 0.05) is 19.3 Å². The van der Waals surface area contributed by atoms with Gasteiger partial charge in [-0.3, -0.25) is 4.79 Å². The molecule has 0 bridgehead atoms. The van der Waals surface area contributed by atoms with Gasteiger partial charge in [0.25, 0.3) is 0 Å². The Hall–Kier alpha value is -1.43. The molecule has 1 saturated heterocycles. The first-order valence-electron chi connectivity index (χ1n) is 7.11. The van der Waals surface area contributed by atoms with Gasteiger partial charge >= 0.3 is 0 Å². The molecular weight excluding hydrogens is 242 g/mol. The lowest BCUT2D eigenvalue weighted by Gasteiger charge is -2.32. The number of aromatic nitrogens is 3. The van der Waals surface area contributed by atoms with Crippen molar-refractivity contribution in [3.05, 3.63) is 12.4 Å². The van der Waals surface area contributed by atoms with Crippen LogP contribution < -0.4 is 5.32 Å². The van der Waals surface area contributed by atoms with E-state index in [0.29, 0.717) is 5.92 Å². The number of hydrogen-bond acceptors (Lipinski definition) is 4. The molecule has 0 aromatic carbocycles. The lowest BCUT2D eigenvalue weighted by molar-refractivity contribution is -0.122. The van der Waals surface area contributed by atoms with Gasteiger partial charge in [0.2, 0.25) is 5.91 Å².